The van der Waals surface area contributed by atoms with E-state index in [0.717, 1.165) is 5.56 Å². The zero-order valence-corrected chi connectivity index (χ0v) is 14.3. The Morgan fingerprint density at radius 3 is 2.48 bits per heavy atom. The standard InChI is InChI=1S/C18H19N3O3S/c19-18(25)21-15-8-4-7-13(9-15)17(24)20-11-14(10-16(22)23)12-5-2-1-3-6-12/h1-9,14H,10-11H2,(H,20,24)(H,22,23)(H3,19,21,25). The minimum Gasteiger partial charge on any atom is -0.481 e. The quantitative estimate of drug-likeness (QED) is 0.567. The lowest BCUT2D eigenvalue weighted by Gasteiger charge is -2.16. The van der Waals surface area contributed by atoms with E-state index in [9.17, 15) is 9.59 Å². The Bertz CT molecular complexity index is 765. The molecule has 7 heteroatoms. The first-order chi connectivity index (χ1) is 12.0. The van der Waals surface area contributed by atoms with Gasteiger partial charge in [-0.3, -0.25) is 9.59 Å². The fraction of sp³-hybridized carbons (Fsp3) is 0.167. The Morgan fingerprint density at radius 2 is 1.84 bits per heavy atom. The van der Waals surface area contributed by atoms with Crippen molar-refractivity contribution >= 4 is 34.9 Å². The van der Waals surface area contributed by atoms with Crippen LogP contribution in [0.2, 0.25) is 0 Å². The van der Waals surface area contributed by atoms with E-state index < -0.39 is 5.97 Å². The fourth-order valence-corrected chi connectivity index (χ4v) is 2.56. The van der Waals surface area contributed by atoms with Gasteiger partial charge in [0.05, 0.1) is 6.42 Å². The third-order valence-electron chi connectivity index (χ3n) is 3.59. The van der Waals surface area contributed by atoms with Crippen molar-refractivity contribution < 1.29 is 14.7 Å². The molecule has 0 heterocycles. The molecule has 0 radical (unpaired) electrons. The van der Waals surface area contributed by atoms with Crippen molar-refractivity contribution in [3.63, 3.8) is 0 Å². The molecule has 0 aliphatic rings. The van der Waals surface area contributed by atoms with Gasteiger partial charge in [-0.15, -0.1) is 0 Å². The van der Waals surface area contributed by atoms with Crippen molar-refractivity contribution in [2.24, 2.45) is 5.73 Å². The number of thiocarbonyl (C=S) groups is 1. The summed E-state index contributed by atoms with van der Waals surface area (Å²) in [4.78, 5) is 23.5. The monoisotopic (exact) mass is 357 g/mol. The number of anilines is 1. The molecule has 0 aliphatic heterocycles. The molecule has 130 valence electrons. The number of amides is 1. The molecule has 25 heavy (non-hydrogen) atoms. The number of rotatable bonds is 7. The van der Waals surface area contributed by atoms with Gasteiger partial charge < -0.3 is 21.5 Å². The van der Waals surface area contributed by atoms with Crippen LogP contribution in [0.3, 0.4) is 0 Å². The van der Waals surface area contributed by atoms with Crippen LogP contribution in [0.1, 0.15) is 28.3 Å². The van der Waals surface area contributed by atoms with Crippen molar-refractivity contribution in [3.8, 4) is 0 Å². The predicted molar refractivity (Wildman–Crippen MR) is 101 cm³/mol. The number of benzene rings is 2. The molecule has 6 nitrogen and oxygen atoms in total. The number of carboxylic acid groups (broad SMARTS) is 1. The normalized spacial score (nSPS) is 11.4. The molecular weight excluding hydrogens is 338 g/mol. The molecule has 0 fully saturated rings. The van der Waals surface area contributed by atoms with Gasteiger partial charge in [-0.05, 0) is 36.0 Å². The molecule has 0 spiro atoms. The molecule has 2 aromatic carbocycles. The van der Waals surface area contributed by atoms with Crippen LogP contribution < -0.4 is 16.4 Å². The van der Waals surface area contributed by atoms with E-state index in [0.29, 0.717) is 11.3 Å². The number of nitrogens with two attached hydrogens (primary N) is 1. The van der Waals surface area contributed by atoms with Crippen molar-refractivity contribution in [3.05, 3.63) is 65.7 Å². The molecule has 1 amide bonds. The predicted octanol–water partition coefficient (Wildman–Crippen LogP) is 2.33. The van der Waals surface area contributed by atoms with Crippen LogP contribution in [0.4, 0.5) is 5.69 Å². The van der Waals surface area contributed by atoms with Crippen LogP contribution in [0, 0.1) is 0 Å². The van der Waals surface area contributed by atoms with E-state index in [1.165, 1.54) is 0 Å². The van der Waals surface area contributed by atoms with Crippen LogP contribution in [-0.4, -0.2) is 28.6 Å². The molecule has 0 saturated carbocycles. The smallest absolute Gasteiger partial charge is 0.304 e. The average Bonchev–Trinajstić information content (AvgIpc) is 2.58. The Balaban J connectivity index is 2.05. The molecule has 0 aliphatic carbocycles. The fourth-order valence-electron chi connectivity index (χ4n) is 2.44. The lowest BCUT2D eigenvalue weighted by Crippen LogP contribution is -2.29. The van der Waals surface area contributed by atoms with Gasteiger partial charge in [0, 0.05) is 23.7 Å². The van der Waals surface area contributed by atoms with E-state index in [1.807, 2.05) is 30.3 Å². The number of carboxylic acids is 1. The number of hydrogen-bond donors (Lipinski definition) is 4. The highest BCUT2D eigenvalue weighted by atomic mass is 32.1. The second kappa shape index (κ2) is 8.79. The number of hydrogen-bond acceptors (Lipinski definition) is 3. The largest absolute Gasteiger partial charge is 0.481 e. The molecule has 2 rings (SSSR count). The Morgan fingerprint density at radius 1 is 1.12 bits per heavy atom. The second-order valence-electron chi connectivity index (χ2n) is 5.49. The average molecular weight is 357 g/mol. The van der Waals surface area contributed by atoms with Crippen LogP contribution >= 0.6 is 12.2 Å². The van der Waals surface area contributed by atoms with Crippen molar-refractivity contribution in [2.45, 2.75) is 12.3 Å². The zero-order chi connectivity index (χ0) is 18.2. The Kier molecular flexibility index (Phi) is 6.47. The molecule has 0 saturated heterocycles. The van der Waals surface area contributed by atoms with Gasteiger partial charge in [-0.25, -0.2) is 0 Å². The van der Waals surface area contributed by atoms with Crippen LogP contribution in [-0.2, 0) is 4.79 Å². The van der Waals surface area contributed by atoms with Gasteiger partial charge in [0.25, 0.3) is 5.91 Å². The van der Waals surface area contributed by atoms with Gasteiger partial charge in [0.2, 0.25) is 0 Å². The van der Waals surface area contributed by atoms with Gasteiger partial charge in [-0.1, -0.05) is 36.4 Å². The summed E-state index contributed by atoms with van der Waals surface area (Å²) in [5.74, 6) is -1.51. The molecule has 2 aromatic rings. The van der Waals surface area contributed by atoms with Gasteiger partial charge >= 0.3 is 5.97 Å². The SMILES string of the molecule is NC(=S)Nc1cccc(C(=O)NCC(CC(=O)O)c2ccccc2)c1. The maximum atomic E-state index is 12.4. The molecule has 1 atom stereocenters. The maximum Gasteiger partial charge on any atom is 0.304 e. The highest BCUT2D eigenvalue weighted by Crippen LogP contribution is 2.19. The van der Waals surface area contributed by atoms with Crippen LogP contribution in [0.25, 0.3) is 0 Å². The van der Waals surface area contributed by atoms with Crippen molar-refractivity contribution in [1.29, 1.82) is 0 Å². The molecule has 0 aromatic heterocycles. The minimum atomic E-state index is -0.911. The Hall–Kier alpha value is -2.93. The second-order valence-corrected chi connectivity index (χ2v) is 5.93. The summed E-state index contributed by atoms with van der Waals surface area (Å²) in [7, 11) is 0. The first-order valence-corrected chi connectivity index (χ1v) is 8.08. The van der Waals surface area contributed by atoms with Crippen molar-refractivity contribution in [1.82, 2.24) is 5.32 Å². The first kappa shape index (κ1) is 18.4. The number of aliphatic carboxylic acids is 1. The van der Waals surface area contributed by atoms with E-state index >= 15 is 0 Å². The maximum absolute atomic E-state index is 12.4. The lowest BCUT2D eigenvalue weighted by molar-refractivity contribution is -0.137. The molecular formula is C18H19N3O3S. The van der Waals surface area contributed by atoms with Crippen LogP contribution in [0.15, 0.2) is 54.6 Å². The lowest BCUT2D eigenvalue weighted by atomic mass is 9.95. The summed E-state index contributed by atoms with van der Waals surface area (Å²) < 4.78 is 0. The highest BCUT2D eigenvalue weighted by molar-refractivity contribution is 7.80. The summed E-state index contributed by atoms with van der Waals surface area (Å²) >= 11 is 4.78. The number of carbonyl (C=O) groups is 2. The summed E-state index contributed by atoms with van der Waals surface area (Å²) in [6.45, 7) is 0.224. The molecule has 1 unspecified atom stereocenters. The summed E-state index contributed by atoms with van der Waals surface area (Å²) in [5, 5.41) is 14.8. The summed E-state index contributed by atoms with van der Waals surface area (Å²) in [6.07, 6.45) is -0.0622. The summed E-state index contributed by atoms with van der Waals surface area (Å²) in [6, 6.07) is 16.0. The van der Waals surface area contributed by atoms with Gasteiger partial charge in [-0.2, -0.15) is 0 Å². The third kappa shape index (κ3) is 5.89. The number of carbonyl (C=O) groups excluding carboxylic acids is 1. The van der Waals surface area contributed by atoms with Gasteiger partial charge in [0.1, 0.15) is 0 Å². The van der Waals surface area contributed by atoms with E-state index in [-0.39, 0.29) is 29.9 Å². The Labute approximate surface area is 151 Å². The minimum absolute atomic E-state index is 0.0622. The molecule has 0 bridgehead atoms. The van der Waals surface area contributed by atoms with E-state index in [4.69, 9.17) is 23.1 Å². The van der Waals surface area contributed by atoms with Crippen LogP contribution in [0.5, 0.6) is 0 Å². The zero-order valence-electron chi connectivity index (χ0n) is 13.4. The van der Waals surface area contributed by atoms with Gasteiger partial charge in [0.15, 0.2) is 5.11 Å². The topological polar surface area (TPSA) is 104 Å². The number of nitrogens with one attached hydrogen (secondary N) is 2. The van der Waals surface area contributed by atoms with Crippen molar-refractivity contribution in [2.75, 3.05) is 11.9 Å². The third-order valence-corrected chi connectivity index (χ3v) is 3.70. The van der Waals surface area contributed by atoms with E-state index in [1.54, 1.807) is 24.3 Å². The molecule has 5 N–H and O–H groups in total. The first-order valence-electron chi connectivity index (χ1n) is 7.67. The highest BCUT2D eigenvalue weighted by Gasteiger charge is 2.17. The van der Waals surface area contributed by atoms with E-state index in [2.05, 4.69) is 10.6 Å². The summed E-state index contributed by atoms with van der Waals surface area (Å²) in [5.41, 5.74) is 7.34.